The van der Waals surface area contributed by atoms with Gasteiger partial charge < -0.3 is 20.4 Å². The summed E-state index contributed by atoms with van der Waals surface area (Å²) in [4.78, 5) is 26.5. The molecule has 2 rings (SSSR count). The molecule has 2 saturated heterocycles. The first kappa shape index (κ1) is 11.0. The third-order valence-corrected chi connectivity index (χ3v) is 3.79. The van der Waals surface area contributed by atoms with Crippen molar-refractivity contribution in [3.05, 3.63) is 0 Å². The second-order valence-corrected chi connectivity index (χ2v) is 4.67. The van der Waals surface area contributed by atoms with Gasteiger partial charge in [0.2, 0.25) is 0 Å². The lowest BCUT2D eigenvalue weighted by molar-refractivity contribution is 0.0318. The molecule has 0 aromatic heterocycles. The highest BCUT2D eigenvalue weighted by Crippen LogP contribution is 2.27. The van der Waals surface area contributed by atoms with Crippen molar-refractivity contribution in [1.82, 2.24) is 20.4 Å². The minimum absolute atomic E-state index is 0.0618. The van der Waals surface area contributed by atoms with Gasteiger partial charge in [0.05, 0.1) is 0 Å². The third kappa shape index (κ3) is 1.40. The van der Waals surface area contributed by atoms with Crippen LogP contribution in [-0.4, -0.2) is 54.2 Å². The Labute approximate surface area is 95.0 Å². The summed E-state index contributed by atoms with van der Waals surface area (Å²) in [5.41, 5.74) is 0. The number of hydrogen-bond donors (Lipinski definition) is 2. The van der Waals surface area contributed by atoms with Gasteiger partial charge in [-0.3, -0.25) is 0 Å². The van der Waals surface area contributed by atoms with Crippen LogP contribution in [0.4, 0.5) is 9.59 Å². The predicted octanol–water partition coefficient (Wildman–Crippen LogP) is 0.0157. The Hall–Kier alpha value is -1.46. The number of amides is 4. The Morgan fingerprint density at radius 3 is 2.19 bits per heavy atom. The first-order valence-corrected chi connectivity index (χ1v) is 5.50. The normalized spacial score (nSPS) is 39.0. The van der Waals surface area contributed by atoms with Gasteiger partial charge in [0, 0.05) is 32.1 Å². The quantitative estimate of drug-likeness (QED) is 0.611. The molecule has 0 bridgehead atoms. The van der Waals surface area contributed by atoms with Crippen molar-refractivity contribution in [2.45, 2.75) is 32.1 Å². The number of nitrogens with one attached hydrogen (secondary N) is 2. The standard InChI is InChI=1S/C10H18N4O2/c1-5-7-6(2)13(3)10(16)12-8(7)14(4)9(15)11-5/h5-8H,1-4H3,(H,11,15)(H,12,16)/t5-,6-,7+,8-/m1/s1. The topological polar surface area (TPSA) is 64.7 Å². The van der Waals surface area contributed by atoms with Crippen molar-refractivity contribution in [3.8, 4) is 0 Å². The Kier molecular flexibility index (Phi) is 2.44. The fraction of sp³-hybridized carbons (Fsp3) is 0.800. The zero-order valence-electron chi connectivity index (χ0n) is 10.0. The predicted molar refractivity (Wildman–Crippen MR) is 58.8 cm³/mol. The molecule has 6 nitrogen and oxygen atoms in total. The smallest absolute Gasteiger partial charge is 0.319 e. The molecule has 0 saturated carbocycles. The first-order chi connectivity index (χ1) is 7.43. The molecule has 90 valence electrons. The molecule has 6 heteroatoms. The van der Waals surface area contributed by atoms with E-state index in [0.29, 0.717) is 0 Å². The Bertz CT molecular complexity index is 333. The average molecular weight is 226 g/mol. The first-order valence-electron chi connectivity index (χ1n) is 5.50. The summed E-state index contributed by atoms with van der Waals surface area (Å²) in [5, 5.41) is 5.76. The van der Waals surface area contributed by atoms with Crippen LogP contribution < -0.4 is 10.6 Å². The lowest BCUT2D eigenvalue weighted by Gasteiger charge is -2.51. The molecule has 2 N–H and O–H groups in total. The van der Waals surface area contributed by atoms with Gasteiger partial charge in [-0.2, -0.15) is 0 Å². The summed E-state index contributed by atoms with van der Waals surface area (Å²) < 4.78 is 0. The van der Waals surface area contributed by atoms with Gasteiger partial charge in [0.1, 0.15) is 6.17 Å². The molecule has 0 aromatic rings. The fourth-order valence-electron chi connectivity index (χ4n) is 2.60. The highest BCUT2D eigenvalue weighted by Gasteiger charge is 2.47. The van der Waals surface area contributed by atoms with Crippen LogP contribution in [0.2, 0.25) is 0 Å². The van der Waals surface area contributed by atoms with Crippen LogP contribution >= 0.6 is 0 Å². The van der Waals surface area contributed by atoms with Crippen LogP contribution in [0.25, 0.3) is 0 Å². The molecule has 2 heterocycles. The lowest BCUT2D eigenvalue weighted by Crippen LogP contribution is -2.73. The third-order valence-electron chi connectivity index (χ3n) is 3.79. The van der Waals surface area contributed by atoms with Gasteiger partial charge >= 0.3 is 12.1 Å². The van der Waals surface area contributed by atoms with Gasteiger partial charge in [-0.15, -0.1) is 0 Å². The lowest BCUT2D eigenvalue weighted by atomic mass is 9.86. The summed E-state index contributed by atoms with van der Waals surface area (Å²) in [6, 6.07) is -0.0862. The van der Waals surface area contributed by atoms with Crippen LogP contribution in [0, 0.1) is 5.92 Å². The minimum atomic E-state index is -0.206. The Balaban J connectivity index is 2.29. The van der Waals surface area contributed by atoms with Crippen molar-refractivity contribution < 1.29 is 9.59 Å². The molecule has 4 atom stereocenters. The maximum Gasteiger partial charge on any atom is 0.319 e. The highest BCUT2D eigenvalue weighted by atomic mass is 16.2. The monoisotopic (exact) mass is 226 g/mol. The molecular weight excluding hydrogens is 208 g/mol. The van der Waals surface area contributed by atoms with Crippen LogP contribution in [0.5, 0.6) is 0 Å². The zero-order chi connectivity index (χ0) is 12.0. The summed E-state index contributed by atoms with van der Waals surface area (Å²) in [6.07, 6.45) is -0.206. The second-order valence-electron chi connectivity index (χ2n) is 4.67. The largest absolute Gasteiger partial charge is 0.335 e. The van der Waals surface area contributed by atoms with E-state index in [1.807, 2.05) is 13.8 Å². The Morgan fingerprint density at radius 2 is 1.56 bits per heavy atom. The van der Waals surface area contributed by atoms with Crippen LogP contribution in [-0.2, 0) is 0 Å². The number of carbonyl (C=O) groups is 2. The van der Waals surface area contributed by atoms with Gasteiger partial charge in [-0.05, 0) is 13.8 Å². The van der Waals surface area contributed by atoms with Crippen molar-refractivity contribution in [1.29, 1.82) is 0 Å². The Morgan fingerprint density at radius 1 is 1.00 bits per heavy atom. The molecule has 2 aliphatic heterocycles. The van der Waals surface area contributed by atoms with Crippen molar-refractivity contribution >= 4 is 12.1 Å². The van der Waals surface area contributed by atoms with E-state index in [-0.39, 0.29) is 36.2 Å². The number of hydrogen-bond acceptors (Lipinski definition) is 2. The summed E-state index contributed by atoms with van der Waals surface area (Å²) in [7, 11) is 3.48. The number of carbonyl (C=O) groups excluding carboxylic acids is 2. The summed E-state index contributed by atoms with van der Waals surface area (Å²) in [5.74, 6) is 0.199. The molecule has 0 radical (unpaired) electrons. The highest BCUT2D eigenvalue weighted by molar-refractivity contribution is 5.80. The van der Waals surface area contributed by atoms with Gasteiger partial charge in [0.25, 0.3) is 0 Å². The number of nitrogens with zero attached hydrogens (tertiary/aromatic N) is 2. The maximum absolute atomic E-state index is 11.7. The van der Waals surface area contributed by atoms with E-state index in [4.69, 9.17) is 0 Å². The minimum Gasteiger partial charge on any atom is -0.335 e. The fourth-order valence-corrected chi connectivity index (χ4v) is 2.60. The summed E-state index contributed by atoms with van der Waals surface area (Å²) in [6.45, 7) is 3.99. The molecule has 0 unspecified atom stereocenters. The molecule has 0 aliphatic carbocycles. The molecule has 0 spiro atoms. The SMILES string of the molecule is C[C@@H]1[C@@H]2[C@@H](C)NC(=O)N(C)[C@H]2NC(=O)N1C. The average Bonchev–Trinajstić information content (AvgIpc) is 2.22. The van der Waals surface area contributed by atoms with E-state index in [1.165, 1.54) is 0 Å². The number of rotatable bonds is 0. The van der Waals surface area contributed by atoms with E-state index in [0.717, 1.165) is 0 Å². The molecular formula is C10H18N4O2. The number of urea groups is 2. The second kappa shape index (κ2) is 3.54. The number of fused-ring (bicyclic) bond motifs is 1. The van der Waals surface area contributed by atoms with Crippen LogP contribution in [0.15, 0.2) is 0 Å². The van der Waals surface area contributed by atoms with Gasteiger partial charge in [-0.1, -0.05) is 0 Å². The summed E-state index contributed by atoms with van der Waals surface area (Å²) >= 11 is 0. The maximum atomic E-state index is 11.7. The van der Waals surface area contributed by atoms with E-state index < -0.39 is 0 Å². The van der Waals surface area contributed by atoms with E-state index in [9.17, 15) is 9.59 Å². The van der Waals surface area contributed by atoms with E-state index in [2.05, 4.69) is 10.6 Å². The van der Waals surface area contributed by atoms with Gasteiger partial charge in [-0.25, -0.2) is 9.59 Å². The molecule has 0 aromatic carbocycles. The molecule has 16 heavy (non-hydrogen) atoms. The van der Waals surface area contributed by atoms with Crippen molar-refractivity contribution in [3.63, 3.8) is 0 Å². The van der Waals surface area contributed by atoms with Crippen molar-refractivity contribution in [2.24, 2.45) is 5.92 Å². The van der Waals surface area contributed by atoms with Crippen molar-refractivity contribution in [2.75, 3.05) is 14.1 Å². The molecule has 4 amide bonds. The van der Waals surface area contributed by atoms with Crippen LogP contribution in [0.1, 0.15) is 13.8 Å². The van der Waals surface area contributed by atoms with Gasteiger partial charge in [0.15, 0.2) is 0 Å². The molecule has 2 fully saturated rings. The molecule has 2 aliphatic rings. The van der Waals surface area contributed by atoms with E-state index >= 15 is 0 Å². The van der Waals surface area contributed by atoms with Crippen LogP contribution in [0.3, 0.4) is 0 Å². The zero-order valence-corrected chi connectivity index (χ0v) is 10.0. The van der Waals surface area contributed by atoms with E-state index in [1.54, 1.807) is 23.9 Å².